The summed E-state index contributed by atoms with van der Waals surface area (Å²) in [5.41, 5.74) is -0.349. The Balaban J connectivity index is 1.67. The molecule has 1 aliphatic heterocycles. The van der Waals surface area contributed by atoms with Crippen molar-refractivity contribution in [1.29, 1.82) is 0 Å². The summed E-state index contributed by atoms with van der Waals surface area (Å²) in [5.74, 6) is 0.274. The minimum absolute atomic E-state index is 0.117. The Morgan fingerprint density at radius 2 is 1.86 bits per heavy atom. The van der Waals surface area contributed by atoms with Gasteiger partial charge in [-0.2, -0.15) is 0 Å². The van der Waals surface area contributed by atoms with Gasteiger partial charge in [-0.15, -0.1) is 0 Å². The Morgan fingerprint density at radius 1 is 1.17 bits per heavy atom. The lowest BCUT2D eigenvalue weighted by Gasteiger charge is -2.51. The van der Waals surface area contributed by atoms with Crippen molar-refractivity contribution in [3.05, 3.63) is 11.6 Å². The van der Waals surface area contributed by atoms with E-state index in [0.29, 0.717) is 18.8 Å². The first-order chi connectivity index (χ1) is 13.5. The summed E-state index contributed by atoms with van der Waals surface area (Å²) >= 11 is 0. The van der Waals surface area contributed by atoms with Gasteiger partial charge in [-0.3, -0.25) is 0 Å². The number of aliphatic hydroxyl groups is 6. The van der Waals surface area contributed by atoms with Crippen LogP contribution in [0.5, 0.6) is 0 Å². The second-order valence-electron chi connectivity index (χ2n) is 9.57. The van der Waals surface area contributed by atoms with Gasteiger partial charge in [0.25, 0.3) is 0 Å². The van der Waals surface area contributed by atoms with Crippen LogP contribution in [-0.4, -0.2) is 86.3 Å². The monoisotopic (exact) mass is 416 g/mol. The van der Waals surface area contributed by atoms with E-state index >= 15 is 0 Å². The quantitative estimate of drug-likeness (QED) is 0.335. The highest BCUT2D eigenvalue weighted by atomic mass is 16.7. The molecular weight excluding hydrogens is 380 g/mol. The van der Waals surface area contributed by atoms with E-state index in [1.54, 1.807) is 6.92 Å². The maximum atomic E-state index is 11.1. The molecule has 0 spiro atoms. The van der Waals surface area contributed by atoms with Crippen LogP contribution in [0.2, 0.25) is 0 Å². The SMILES string of the molecule is C[C@@H]1CC[C@@H](O)C2=CC[C@@H]([C@@](C)(O)CO[C@@H]3O[C@H](CO)[C@@H](O)[C@H](O)[C@H]3O)C[C@@]21C. The van der Waals surface area contributed by atoms with Crippen LogP contribution < -0.4 is 0 Å². The number of hydrogen-bond donors (Lipinski definition) is 6. The number of aliphatic hydroxyl groups excluding tert-OH is 5. The average Bonchev–Trinajstić information content (AvgIpc) is 2.68. The highest BCUT2D eigenvalue weighted by Crippen LogP contribution is 2.53. The molecule has 2 fully saturated rings. The van der Waals surface area contributed by atoms with Gasteiger partial charge >= 0.3 is 0 Å². The predicted octanol–water partition coefficient (Wildman–Crippen LogP) is -0.313. The summed E-state index contributed by atoms with van der Waals surface area (Å²) in [6.07, 6.45) is -2.12. The fraction of sp³-hybridized carbons (Fsp3) is 0.905. The van der Waals surface area contributed by atoms with Gasteiger partial charge in [0.2, 0.25) is 0 Å². The lowest BCUT2D eigenvalue weighted by molar-refractivity contribution is -0.310. The van der Waals surface area contributed by atoms with Gasteiger partial charge in [-0.05, 0) is 55.4 Å². The van der Waals surface area contributed by atoms with Gasteiger partial charge in [0.05, 0.1) is 24.9 Å². The molecule has 0 radical (unpaired) electrons. The van der Waals surface area contributed by atoms with Gasteiger partial charge in [0.15, 0.2) is 6.29 Å². The summed E-state index contributed by atoms with van der Waals surface area (Å²) in [4.78, 5) is 0. The van der Waals surface area contributed by atoms with E-state index < -0.39 is 49.0 Å². The molecule has 168 valence electrons. The topological polar surface area (TPSA) is 140 Å². The van der Waals surface area contributed by atoms with Crippen molar-refractivity contribution in [3.8, 4) is 0 Å². The Hall–Kier alpha value is -0.580. The van der Waals surface area contributed by atoms with E-state index in [9.17, 15) is 30.6 Å². The molecule has 3 rings (SSSR count). The van der Waals surface area contributed by atoms with Crippen molar-refractivity contribution in [1.82, 2.24) is 0 Å². The van der Waals surface area contributed by atoms with Crippen molar-refractivity contribution in [3.63, 3.8) is 0 Å². The summed E-state index contributed by atoms with van der Waals surface area (Å²) < 4.78 is 11.0. The molecule has 10 atom stereocenters. The van der Waals surface area contributed by atoms with Crippen LogP contribution in [-0.2, 0) is 9.47 Å². The molecule has 1 saturated carbocycles. The molecule has 8 nitrogen and oxygen atoms in total. The van der Waals surface area contributed by atoms with Crippen LogP contribution in [0.1, 0.15) is 46.5 Å². The molecule has 3 aliphatic rings. The average molecular weight is 417 g/mol. The highest BCUT2D eigenvalue weighted by molar-refractivity contribution is 5.26. The first-order valence-corrected chi connectivity index (χ1v) is 10.5. The van der Waals surface area contributed by atoms with Gasteiger partial charge in [-0.1, -0.05) is 19.9 Å². The molecule has 0 aromatic carbocycles. The summed E-state index contributed by atoms with van der Waals surface area (Å²) in [7, 11) is 0. The molecule has 1 heterocycles. The molecule has 0 unspecified atom stereocenters. The van der Waals surface area contributed by atoms with Gasteiger partial charge in [0, 0.05) is 0 Å². The summed E-state index contributed by atoms with van der Waals surface area (Å²) in [5, 5.41) is 60.7. The minimum Gasteiger partial charge on any atom is -0.394 e. The number of allylic oxidation sites excluding steroid dienone is 1. The van der Waals surface area contributed by atoms with Crippen molar-refractivity contribution < 1.29 is 40.1 Å². The van der Waals surface area contributed by atoms with E-state index in [1.807, 2.05) is 0 Å². The van der Waals surface area contributed by atoms with Crippen LogP contribution in [0.25, 0.3) is 0 Å². The Morgan fingerprint density at radius 3 is 2.52 bits per heavy atom. The fourth-order valence-corrected chi connectivity index (χ4v) is 5.15. The third-order valence-electron chi connectivity index (χ3n) is 7.54. The Bertz CT molecular complexity index is 605. The van der Waals surface area contributed by atoms with Gasteiger partial charge < -0.3 is 40.1 Å². The first kappa shape index (κ1) is 23.1. The smallest absolute Gasteiger partial charge is 0.186 e. The molecule has 0 aromatic rings. The minimum atomic E-state index is -1.51. The molecule has 8 heteroatoms. The molecule has 1 saturated heterocycles. The predicted molar refractivity (Wildman–Crippen MR) is 104 cm³/mol. The van der Waals surface area contributed by atoms with Crippen molar-refractivity contribution in [2.45, 2.75) is 88.9 Å². The zero-order chi connectivity index (χ0) is 21.6. The zero-order valence-corrected chi connectivity index (χ0v) is 17.4. The summed E-state index contributed by atoms with van der Waals surface area (Å²) in [6.45, 7) is 5.33. The standard InChI is InChI=1S/C21H36O8/c1-11-4-7-14(23)13-6-5-12(8-20(11,13)2)21(3,27)10-28-19-18(26)17(25)16(24)15(9-22)29-19/h6,11-12,14-19,22-27H,4-5,7-10H2,1-3H3/t11-,12-,14-,15-,16-,17+,18-,19-,20-,21+/m1/s1. The maximum absolute atomic E-state index is 11.1. The lowest BCUT2D eigenvalue weighted by Crippen LogP contribution is -2.60. The van der Waals surface area contributed by atoms with Crippen LogP contribution in [0, 0.1) is 17.3 Å². The highest BCUT2D eigenvalue weighted by Gasteiger charge is 2.49. The molecular formula is C21H36O8. The van der Waals surface area contributed by atoms with E-state index in [4.69, 9.17) is 9.47 Å². The second-order valence-corrected chi connectivity index (χ2v) is 9.57. The van der Waals surface area contributed by atoms with Crippen LogP contribution in [0.4, 0.5) is 0 Å². The third kappa shape index (κ3) is 4.27. The Labute approximate surface area is 171 Å². The van der Waals surface area contributed by atoms with Crippen molar-refractivity contribution in [2.75, 3.05) is 13.2 Å². The van der Waals surface area contributed by atoms with E-state index in [0.717, 1.165) is 18.4 Å². The Kier molecular flexibility index (Phi) is 6.78. The molecule has 6 N–H and O–H groups in total. The molecule has 29 heavy (non-hydrogen) atoms. The summed E-state index contributed by atoms with van der Waals surface area (Å²) in [6, 6.07) is 0. The fourth-order valence-electron chi connectivity index (χ4n) is 5.15. The molecule has 0 aromatic heterocycles. The van der Waals surface area contributed by atoms with E-state index in [2.05, 4.69) is 19.9 Å². The third-order valence-corrected chi connectivity index (χ3v) is 7.54. The lowest BCUT2D eigenvalue weighted by atomic mass is 9.56. The van der Waals surface area contributed by atoms with Crippen LogP contribution >= 0.6 is 0 Å². The van der Waals surface area contributed by atoms with Crippen LogP contribution in [0.15, 0.2) is 11.6 Å². The van der Waals surface area contributed by atoms with Crippen molar-refractivity contribution in [2.24, 2.45) is 17.3 Å². The largest absolute Gasteiger partial charge is 0.394 e. The second kappa shape index (κ2) is 8.51. The van der Waals surface area contributed by atoms with Crippen molar-refractivity contribution >= 4 is 0 Å². The zero-order valence-electron chi connectivity index (χ0n) is 17.4. The number of fused-ring (bicyclic) bond motifs is 1. The normalized spacial score (nSPS) is 47.8. The molecule has 0 amide bonds. The maximum Gasteiger partial charge on any atom is 0.186 e. The van der Waals surface area contributed by atoms with Gasteiger partial charge in [-0.25, -0.2) is 0 Å². The number of ether oxygens (including phenoxy) is 2. The molecule has 0 bridgehead atoms. The number of hydrogen-bond acceptors (Lipinski definition) is 8. The number of rotatable bonds is 5. The van der Waals surface area contributed by atoms with E-state index in [-0.39, 0.29) is 17.9 Å². The molecule has 2 aliphatic carbocycles. The van der Waals surface area contributed by atoms with Crippen LogP contribution in [0.3, 0.4) is 0 Å². The van der Waals surface area contributed by atoms with Gasteiger partial charge in [0.1, 0.15) is 24.4 Å². The van der Waals surface area contributed by atoms with E-state index in [1.165, 1.54) is 0 Å². The first-order valence-electron chi connectivity index (χ1n) is 10.5.